The van der Waals surface area contributed by atoms with E-state index in [-0.39, 0.29) is 22.0 Å². The fraction of sp³-hybridized carbons (Fsp3) is 0.400. The van der Waals surface area contributed by atoms with Gasteiger partial charge in [-0.25, -0.2) is 0 Å². The van der Waals surface area contributed by atoms with Gasteiger partial charge in [0.1, 0.15) is 0 Å². The largest absolute Gasteiger partial charge is 0.301 e. The van der Waals surface area contributed by atoms with Crippen LogP contribution in [0, 0.1) is 0 Å². The standard InChI is InChI=1S/C10H18N4O6S2/c1-13(15)21(17,18)11-7-9-4-3-5-10(6-9)8-12-22(19,20)14(2)16/h3-6,11-12,15-16H,7-8H2,1-2H3. The van der Waals surface area contributed by atoms with Crippen molar-refractivity contribution in [1.82, 2.24) is 18.4 Å². The molecule has 0 aliphatic carbocycles. The first-order valence-electron chi connectivity index (χ1n) is 5.97. The second-order valence-electron chi connectivity index (χ2n) is 4.34. The average molecular weight is 354 g/mol. The number of nitrogens with one attached hydrogen (secondary N) is 2. The van der Waals surface area contributed by atoms with Crippen molar-refractivity contribution in [2.45, 2.75) is 13.1 Å². The Hall–Kier alpha value is -1.12. The lowest BCUT2D eigenvalue weighted by atomic mass is 10.1. The summed E-state index contributed by atoms with van der Waals surface area (Å²) in [5, 5.41) is 17.8. The molecule has 22 heavy (non-hydrogen) atoms. The Morgan fingerprint density at radius 3 is 1.59 bits per heavy atom. The van der Waals surface area contributed by atoms with E-state index in [1.54, 1.807) is 24.3 Å². The third kappa shape index (κ3) is 5.58. The van der Waals surface area contributed by atoms with Crippen LogP contribution in [0.4, 0.5) is 0 Å². The number of rotatable bonds is 8. The number of hydrogen-bond donors (Lipinski definition) is 4. The predicted molar refractivity (Wildman–Crippen MR) is 77.1 cm³/mol. The van der Waals surface area contributed by atoms with Crippen molar-refractivity contribution in [2.75, 3.05) is 14.1 Å². The molecule has 0 aliphatic heterocycles. The number of benzene rings is 1. The normalized spacial score (nSPS) is 13.0. The van der Waals surface area contributed by atoms with E-state index in [0.717, 1.165) is 14.1 Å². The summed E-state index contributed by atoms with van der Waals surface area (Å²) in [5.41, 5.74) is 1.14. The van der Waals surface area contributed by atoms with Crippen molar-refractivity contribution in [3.8, 4) is 0 Å². The van der Waals surface area contributed by atoms with Crippen molar-refractivity contribution in [2.24, 2.45) is 0 Å². The Bertz CT molecular complexity index is 645. The lowest BCUT2D eigenvalue weighted by Gasteiger charge is -2.12. The van der Waals surface area contributed by atoms with Gasteiger partial charge in [0, 0.05) is 27.2 Å². The molecule has 10 nitrogen and oxygen atoms in total. The first-order chi connectivity index (χ1) is 10.0. The highest BCUT2D eigenvalue weighted by Gasteiger charge is 2.15. The zero-order valence-electron chi connectivity index (χ0n) is 12.0. The van der Waals surface area contributed by atoms with E-state index >= 15 is 0 Å². The molecule has 1 aromatic carbocycles. The molecule has 0 aromatic heterocycles. The van der Waals surface area contributed by atoms with E-state index in [2.05, 4.69) is 9.44 Å². The Kier molecular flexibility index (Phi) is 6.39. The summed E-state index contributed by atoms with van der Waals surface area (Å²) in [7, 11) is -5.99. The summed E-state index contributed by atoms with van der Waals surface area (Å²) < 4.78 is 49.9. The third-order valence-corrected chi connectivity index (χ3v) is 5.01. The van der Waals surface area contributed by atoms with Gasteiger partial charge in [-0.2, -0.15) is 26.3 Å². The van der Waals surface area contributed by atoms with Crippen molar-refractivity contribution in [3.63, 3.8) is 0 Å². The molecule has 0 spiro atoms. The fourth-order valence-electron chi connectivity index (χ4n) is 1.39. The summed E-state index contributed by atoms with van der Waals surface area (Å²) in [5.74, 6) is 0. The second-order valence-corrected chi connectivity index (χ2v) is 7.88. The highest BCUT2D eigenvalue weighted by molar-refractivity contribution is 7.87. The minimum atomic E-state index is -3.97. The van der Waals surface area contributed by atoms with Gasteiger partial charge >= 0.3 is 20.4 Å². The van der Waals surface area contributed by atoms with Gasteiger partial charge < -0.3 is 0 Å². The van der Waals surface area contributed by atoms with Gasteiger partial charge in [0.15, 0.2) is 0 Å². The van der Waals surface area contributed by atoms with Crippen molar-refractivity contribution in [1.29, 1.82) is 0 Å². The molecular weight excluding hydrogens is 336 g/mol. The smallest absolute Gasteiger partial charge is 0.299 e. The Morgan fingerprint density at radius 2 is 1.27 bits per heavy atom. The molecule has 0 radical (unpaired) electrons. The molecule has 0 atom stereocenters. The van der Waals surface area contributed by atoms with E-state index in [9.17, 15) is 16.8 Å². The molecule has 0 saturated heterocycles. The van der Waals surface area contributed by atoms with Crippen LogP contribution in [0.3, 0.4) is 0 Å². The zero-order valence-corrected chi connectivity index (χ0v) is 13.6. The van der Waals surface area contributed by atoms with Crippen LogP contribution in [0.15, 0.2) is 24.3 Å². The van der Waals surface area contributed by atoms with Gasteiger partial charge in [-0.3, -0.25) is 10.4 Å². The third-order valence-electron chi connectivity index (χ3n) is 2.60. The van der Waals surface area contributed by atoms with Gasteiger partial charge in [-0.15, -0.1) is 0 Å². The molecule has 0 amide bonds. The highest BCUT2D eigenvalue weighted by atomic mass is 32.2. The van der Waals surface area contributed by atoms with Crippen LogP contribution in [-0.2, 0) is 33.5 Å². The monoisotopic (exact) mass is 354 g/mol. The van der Waals surface area contributed by atoms with E-state index in [1.807, 2.05) is 0 Å². The SMILES string of the molecule is CN(O)S(=O)(=O)NCc1cccc(CNS(=O)(=O)N(C)O)c1. The van der Waals surface area contributed by atoms with Crippen molar-refractivity contribution < 1.29 is 27.3 Å². The van der Waals surface area contributed by atoms with Gasteiger partial charge in [-0.05, 0) is 11.1 Å². The van der Waals surface area contributed by atoms with Crippen LogP contribution in [0.2, 0.25) is 0 Å². The van der Waals surface area contributed by atoms with Crippen LogP contribution in [0.25, 0.3) is 0 Å². The summed E-state index contributed by atoms with van der Waals surface area (Å²) in [6, 6.07) is 6.48. The molecule has 0 aliphatic rings. The maximum Gasteiger partial charge on any atom is 0.301 e. The first-order valence-corrected chi connectivity index (χ1v) is 8.85. The number of hydrogen-bond acceptors (Lipinski definition) is 6. The molecule has 0 saturated carbocycles. The molecule has 1 rings (SSSR count). The lowest BCUT2D eigenvalue weighted by Crippen LogP contribution is -2.36. The van der Waals surface area contributed by atoms with Gasteiger partial charge in [0.05, 0.1) is 0 Å². The average Bonchev–Trinajstić information content (AvgIpc) is 2.43. The Labute approximate surface area is 129 Å². The maximum atomic E-state index is 11.4. The zero-order chi connectivity index (χ0) is 17.0. The van der Waals surface area contributed by atoms with E-state index in [4.69, 9.17) is 10.4 Å². The van der Waals surface area contributed by atoms with E-state index < -0.39 is 20.4 Å². The molecule has 0 fully saturated rings. The number of nitrogens with zero attached hydrogens (tertiary/aromatic N) is 2. The summed E-state index contributed by atoms with van der Waals surface area (Å²) in [6.07, 6.45) is 0. The highest BCUT2D eigenvalue weighted by Crippen LogP contribution is 2.06. The molecule has 12 heteroatoms. The second kappa shape index (κ2) is 7.43. The molecule has 0 unspecified atom stereocenters. The van der Waals surface area contributed by atoms with Crippen molar-refractivity contribution >= 4 is 20.4 Å². The van der Waals surface area contributed by atoms with Crippen LogP contribution in [0.5, 0.6) is 0 Å². The van der Waals surface area contributed by atoms with Crippen LogP contribution < -0.4 is 9.44 Å². The summed E-state index contributed by atoms with van der Waals surface area (Å²) >= 11 is 0. The maximum absolute atomic E-state index is 11.4. The Morgan fingerprint density at radius 1 is 0.909 bits per heavy atom. The van der Waals surface area contributed by atoms with Crippen molar-refractivity contribution in [3.05, 3.63) is 35.4 Å². The first kappa shape index (κ1) is 18.9. The molecule has 126 valence electrons. The molecule has 1 aromatic rings. The quantitative estimate of drug-likeness (QED) is 0.442. The van der Waals surface area contributed by atoms with Crippen LogP contribution in [0.1, 0.15) is 11.1 Å². The minimum absolute atomic E-state index is 0.0576. The topological polar surface area (TPSA) is 139 Å². The minimum Gasteiger partial charge on any atom is -0.299 e. The lowest BCUT2D eigenvalue weighted by molar-refractivity contribution is 0.0292. The molecule has 4 N–H and O–H groups in total. The van der Waals surface area contributed by atoms with Crippen LogP contribution >= 0.6 is 0 Å². The summed E-state index contributed by atoms with van der Waals surface area (Å²) in [6.45, 7) is -0.151. The summed E-state index contributed by atoms with van der Waals surface area (Å²) in [4.78, 5) is 0. The van der Waals surface area contributed by atoms with Crippen LogP contribution in [-0.4, -0.2) is 50.3 Å². The molecule has 0 heterocycles. The Balaban J connectivity index is 2.71. The van der Waals surface area contributed by atoms with E-state index in [1.165, 1.54) is 0 Å². The predicted octanol–water partition coefficient (Wildman–Crippen LogP) is -1.00. The van der Waals surface area contributed by atoms with E-state index in [0.29, 0.717) is 11.1 Å². The fourth-order valence-corrected chi connectivity index (χ4v) is 2.46. The van der Waals surface area contributed by atoms with Gasteiger partial charge in [-0.1, -0.05) is 33.2 Å². The number of hydroxylamine groups is 2. The molecule has 0 bridgehead atoms. The molecular formula is C10H18N4O6S2. The van der Waals surface area contributed by atoms with Gasteiger partial charge in [0.25, 0.3) is 0 Å². The van der Waals surface area contributed by atoms with Gasteiger partial charge in [0.2, 0.25) is 0 Å².